The van der Waals surface area contributed by atoms with Gasteiger partial charge in [0.15, 0.2) is 57.4 Å². The number of amides is 15. The number of carboxylic acid groups (broad SMARTS) is 3. The summed E-state index contributed by atoms with van der Waals surface area (Å²) in [5, 5.41) is 69.9. The van der Waals surface area contributed by atoms with Crippen molar-refractivity contribution < 1.29 is 133 Å². The number of aliphatic hydroxyl groups is 1. The molecule has 0 saturated carbocycles. The van der Waals surface area contributed by atoms with E-state index in [0.717, 1.165) is 41.5 Å². The average Bonchev–Trinajstić information content (AvgIpc) is 1.56. The zero-order chi connectivity index (χ0) is 91.1. The molecule has 10 aliphatic rings. The van der Waals surface area contributed by atoms with E-state index in [1.807, 2.05) is 13.0 Å². The maximum absolute atomic E-state index is 14.7. The van der Waals surface area contributed by atoms with Gasteiger partial charge in [0.1, 0.15) is 53.0 Å². The van der Waals surface area contributed by atoms with Crippen LogP contribution in [-0.2, 0) is 78.9 Å². The van der Waals surface area contributed by atoms with Crippen molar-refractivity contribution in [2.75, 3.05) is 20.3 Å². The van der Waals surface area contributed by atoms with Gasteiger partial charge in [0.05, 0.1) is 13.5 Å². The molecule has 10 aromatic rings. The van der Waals surface area contributed by atoms with E-state index in [1.54, 1.807) is 50.2 Å². The minimum atomic E-state index is -1.84. The van der Waals surface area contributed by atoms with Gasteiger partial charge in [-0.3, -0.25) is 60.1 Å². The van der Waals surface area contributed by atoms with Crippen LogP contribution in [0.5, 0.6) is 23.0 Å². The van der Waals surface area contributed by atoms with Gasteiger partial charge >= 0.3 is 48.1 Å². The Labute approximate surface area is 709 Å². The van der Waals surface area contributed by atoms with Crippen LogP contribution >= 0.6 is 0 Å². The fraction of sp³-hybridized carbons (Fsp3) is 0.157. The number of carbonyl (C=O) groups is 13. The van der Waals surface area contributed by atoms with E-state index in [4.69, 9.17) is 29.5 Å². The number of aliphatic hydroxyl groups excluding tert-OH is 1. The fourth-order valence-corrected chi connectivity index (χ4v) is 18.1. The van der Waals surface area contributed by atoms with Crippen LogP contribution in [0.3, 0.4) is 0 Å². The first-order valence-electron chi connectivity index (χ1n) is 38.1. The molecule has 5 saturated heterocycles. The summed E-state index contributed by atoms with van der Waals surface area (Å²) in [4.78, 5) is 155. The molecule has 38 heteroatoms. The number of methoxy groups -OCH3 is 1. The van der Waals surface area contributed by atoms with E-state index in [0.29, 0.717) is 89.0 Å². The summed E-state index contributed by atoms with van der Waals surface area (Å²) in [6, 6.07) is 29.5. The number of aliphatic carboxylic acids is 3. The third kappa shape index (κ3) is 13.3. The minimum Gasteiger partial charge on any atom is -0.509 e. The molecule has 0 bridgehead atoms. The van der Waals surface area contributed by atoms with Crippen molar-refractivity contribution in [2.45, 2.75) is 67.7 Å². The molecule has 20 rings (SSSR count). The first-order valence-corrected chi connectivity index (χ1v) is 38.1. The number of fused-ring (bicyclic) bond motifs is 25. The highest BCUT2D eigenvalue weighted by molar-refractivity contribution is 6.18. The second kappa shape index (κ2) is 30.6. The van der Waals surface area contributed by atoms with E-state index in [-0.39, 0.29) is 87.1 Å². The predicted octanol–water partition coefficient (Wildman–Crippen LogP) is 9.92. The van der Waals surface area contributed by atoms with Gasteiger partial charge in [0.2, 0.25) is 0 Å². The van der Waals surface area contributed by atoms with Gasteiger partial charge in [-0.1, -0.05) is 60.7 Å². The number of hydrogen-bond donors (Lipinski definition) is 15. The van der Waals surface area contributed by atoms with E-state index in [9.17, 15) is 103 Å². The Morgan fingerprint density at radius 2 is 0.724 bits per heavy atom. The second-order valence-corrected chi connectivity index (χ2v) is 30.6. The number of halogens is 7. The number of benzene rings is 10. The summed E-state index contributed by atoms with van der Waals surface area (Å²) >= 11 is 0. The molecule has 15 amide bonds. The number of urea groups is 5. The van der Waals surface area contributed by atoms with Crippen molar-refractivity contribution >= 4 is 77.6 Å². The van der Waals surface area contributed by atoms with Gasteiger partial charge in [0.25, 0.3) is 29.5 Å². The van der Waals surface area contributed by atoms with Gasteiger partial charge in [-0.05, 0) is 202 Å². The fourth-order valence-electron chi connectivity index (χ4n) is 18.1. The molecule has 5 aliphatic heterocycles. The number of ether oxygens (including phenoxy) is 3. The summed E-state index contributed by atoms with van der Waals surface area (Å²) in [6.45, 7) is 7.65. The van der Waals surface area contributed by atoms with E-state index in [2.05, 4.69) is 59.7 Å². The highest BCUT2D eigenvalue weighted by Gasteiger charge is 2.61. The average molecular weight is 1740 g/mol. The Morgan fingerprint density at radius 3 is 1.13 bits per heavy atom. The van der Waals surface area contributed by atoms with Crippen LogP contribution in [0.25, 0.3) is 55.6 Å². The van der Waals surface area contributed by atoms with Crippen molar-refractivity contribution in [1.29, 1.82) is 0 Å². The zero-order valence-electron chi connectivity index (χ0n) is 66.0. The Bertz CT molecular complexity index is 6620. The Hall–Kier alpha value is -16.4. The Morgan fingerprint density at radius 1 is 0.370 bits per heavy atom. The molecule has 127 heavy (non-hydrogen) atoms. The molecule has 31 nitrogen and oxygen atoms in total. The standard InChI is InChI=1S/C19H15FN2O4.C18H12F2N2O5.C18H12F2N2O4.C18H13FN2O5.C16H11FN2O3/c1-9-6-10(2-5-15(23)24)16-12-4-3-11(20)8-13(12)19(14(16)7-9)17(25)21-18(26)22-19;1-27-15-9(5-13(23)24)14-8-3-2-7(19)4-10(8)18(11(14)6-12(15)20)16(25)21-17(26)22-18;1-8(23)7-26-15-5-11-10-3-2-9(19)4-12(10)18(13(11)6-14(15)20)16(24)21-17(25)22-18;1-8-4-12-15(13(5-8)26-7-14(22)23)10-3-2-9(19)6-11(10)18(12)16(24)20-17(25)21-18;1-7-4-11-10(6-13(7)20)9-3-2-8(17)5-12(9)16(11)14(21)18-15(22)19-16/h3-4,6-8H,2,5H2,1H3,(H,23,24)(H2,21,22,25,26);2-4,6H,5H2,1H3,(H,23,24)(H2,21,22,25,26);2-6,23H,1,7H2,(H2,21,22,24,25);2-6H,7H2,1H3,(H,22,23)(H2,20,21,24,25);2-6,20H,1H3,(H2,18,19,21,22). The number of imide groups is 5. The zero-order valence-corrected chi connectivity index (χ0v) is 66.0. The van der Waals surface area contributed by atoms with Crippen LogP contribution in [-0.4, -0.2) is 123 Å². The third-order valence-electron chi connectivity index (χ3n) is 22.9. The molecule has 5 atom stereocenters. The van der Waals surface area contributed by atoms with Crippen molar-refractivity contribution in [2.24, 2.45) is 0 Å². The lowest BCUT2D eigenvalue weighted by atomic mass is 9.86. The van der Waals surface area contributed by atoms with Crippen LogP contribution in [0.2, 0.25) is 0 Å². The summed E-state index contributed by atoms with van der Waals surface area (Å²) in [5.74, 6) is -11.5. The molecule has 5 spiro atoms. The molecule has 644 valence electrons. The van der Waals surface area contributed by atoms with Crippen LogP contribution in [0.4, 0.5) is 54.7 Å². The number of nitrogens with one attached hydrogen (secondary N) is 10. The number of carboxylic acids is 3. The molecular weight excluding hydrogens is 1680 g/mol. The minimum absolute atomic E-state index is 0.00122. The monoisotopic (exact) mass is 1740 g/mol. The third-order valence-corrected chi connectivity index (χ3v) is 22.9. The number of hydrogen-bond acceptors (Lipinski definition) is 18. The quantitative estimate of drug-likeness (QED) is 0.0307. The number of carbonyl (C=O) groups excluding carboxylic acids is 10. The van der Waals surface area contributed by atoms with Gasteiger partial charge in [0, 0.05) is 62.1 Å². The Kier molecular flexibility index (Phi) is 20.3. The molecule has 5 heterocycles. The molecular formula is C89H63F7N10O21. The number of phenols is 1. The second-order valence-electron chi connectivity index (χ2n) is 30.6. The van der Waals surface area contributed by atoms with Gasteiger partial charge in [-0.25, -0.2) is 59.5 Å². The molecule has 0 aromatic heterocycles. The maximum atomic E-state index is 14.7. The SMILES string of the molecule is C=C(O)COc1cc2c(cc1F)C1(NC(=O)NC1=O)c1cc(F)ccc1-2.COc1c(F)cc2c(c1CC(=O)O)-c1ccc(F)cc1C21NC(=O)NC1=O.Cc1cc(CCC(=O)O)c2c(c1)C1(NC(=O)NC1=O)c1cc(F)ccc1-2.Cc1cc(OCC(=O)O)c2c(c1)C1(NC(=O)NC1=O)c1cc(F)ccc1-2.Cc1cc2c(cc1O)-c1ccc(F)cc1C21NC(=O)NC1=O. The van der Waals surface area contributed by atoms with Gasteiger partial charge in [-0.2, -0.15) is 0 Å². The highest BCUT2D eigenvalue weighted by atomic mass is 19.2. The van der Waals surface area contributed by atoms with Crippen LogP contribution in [0.15, 0.2) is 158 Å². The summed E-state index contributed by atoms with van der Waals surface area (Å²) < 4.78 is 114. The van der Waals surface area contributed by atoms with Crippen molar-refractivity contribution in [3.8, 4) is 78.6 Å². The van der Waals surface area contributed by atoms with E-state index < -0.39 is 159 Å². The normalized spacial score (nSPS) is 20.1. The molecule has 5 unspecified atom stereocenters. The lowest BCUT2D eigenvalue weighted by Gasteiger charge is -2.24. The smallest absolute Gasteiger partial charge is 0.341 e. The first kappa shape index (κ1) is 84.2. The predicted molar refractivity (Wildman–Crippen MR) is 426 cm³/mol. The number of rotatable bonds is 12. The number of phenolic OH excluding ortho intramolecular Hbond substituents is 1. The van der Waals surface area contributed by atoms with Crippen LogP contribution < -0.4 is 67.4 Å². The summed E-state index contributed by atoms with van der Waals surface area (Å²) in [6.07, 6.45) is -0.397. The maximum Gasteiger partial charge on any atom is 0.341 e. The molecule has 15 N–H and O–H groups in total. The first-order chi connectivity index (χ1) is 60.2. The molecule has 5 fully saturated rings. The van der Waals surface area contributed by atoms with Crippen molar-refractivity contribution in [3.63, 3.8) is 0 Å². The van der Waals surface area contributed by atoms with Crippen LogP contribution in [0, 0.1) is 61.5 Å². The van der Waals surface area contributed by atoms with Gasteiger partial charge < -0.3 is 66.3 Å². The lowest BCUT2D eigenvalue weighted by Crippen LogP contribution is -2.43. The molecule has 5 aliphatic carbocycles. The molecule has 10 aromatic carbocycles. The number of aryl methyl sites for hydroxylation is 4. The number of aromatic hydroxyl groups is 1. The summed E-state index contributed by atoms with van der Waals surface area (Å²) in [7, 11) is 1.19. The topological polar surface area (TPSA) is 471 Å². The Balaban J connectivity index is 0.000000117. The molecule has 0 radical (unpaired) electrons. The van der Waals surface area contributed by atoms with E-state index in [1.165, 1.54) is 79.9 Å². The van der Waals surface area contributed by atoms with E-state index >= 15 is 0 Å². The van der Waals surface area contributed by atoms with Crippen molar-refractivity contribution in [3.05, 3.63) is 282 Å². The van der Waals surface area contributed by atoms with Gasteiger partial charge in [-0.15, -0.1) is 0 Å². The van der Waals surface area contributed by atoms with Crippen LogP contribution in [0.1, 0.15) is 89.9 Å². The van der Waals surface area contributed by atoms with Crippen molar-refractivity contribution in [1.82, 2.24) is 53.2 Å². The largest absolute Gasteiger partial charge is 0.509 e. The highest BCUT2D eigenvalue weighted by Crippen LogP contribution is 2.58. The summed E-state index contributed by atoms with van der Waals surface area (Å²) in [5.41, 5.74) is 2.72. The lowest BCUT2D eigenvalue weighted by molar-refractivity contribution is -0.139.